The first-order chi connectivity index (χ1) is 20.2. The van der Waals surface area contributed by atoms with E-state index >= 15 is 0 Å². The quantitative estimate of drug-likeness (QED) is 0.145. The predicted molar refractivity (Wildman–Crippen MR) is 159 cm³/mol. The maximum absolute atomic E-state index is 14.1. The fraction of sp³-hybridized carbons (Fsp3) is 0.344. The molecule has 1 aliphatic rings. The van der Waals surface area contributed by atoms with Gasteiger partial charge in [0.25, 0.3) is 0 Å². The fourth-order valence-corrected chi connectivity index (χ4v) is 5.34. The van der Waals surface area contributed by atoms with Crippen LogP contribution in [0.4, 0.5) is 4.79 Å². The van der Waals surface area contributed by atoms with Gasteiger partial charge >= 0.3 is 13.9 Å². The van der Waals surface area contributed by atoms with Gasteiger partial charge in [0.05, 0.1) is 12.6 Å². The van der Waals surface area contributed by atoms with Crippen molar-refractivity contribution in [3.05, 3.63) is 109 Å². The van der Waals surface area contributed by atoms with E-state index in [0.717, 1.165) is 18.4 Å². The highest BCUT2D eigenvalue weighted by Gasteiger charge is 2.42. The van der Waals surface area contributed by atoms with Gasteiger partial charge in [-0.15, -0.1) is 0 Å². The molecule has 1 amide bonds. The molecule has 0 spiro atoms. The molecule has 0 N–H and O–H groups in total. The third kappa shape index (κ3) is 9.86. The van der Waals surface area contributed by atoms with E-state index in [-0.39, 0.29) is 24.0 Å². The Morgan fingerprint density at radius 3 is 2.00 bits per heavy atom. The predicted octanol–water partition coefficient (Wildman–Crippen LogP) is 8.09. The maximum Gasteiger partial charge on any atom is 0.648 e. The number of hydrogen-bond acceptors (Lipinski definition) is 8. The van der Waals surface area contributed by atoms with Gasteiger partial charge in [-0.05, 0) is 69.9 Å². The minimum absolute atomic E-state index is 0.129. The Kier molecular flexibility index (Phi) is 10.9. The van der Waals surface area contributed by atoms with Gasteiger partial charge in [-0.3, -0.25) is 0 Å². The molecular formula is C32H38NO8P. The summed E-state index contributed by atoms with van der Waals surface area (Å²) >= 11 is 0. The highest BCUT2D eigenvalue weighted by Crippen LogP contribution is 2.52. The van der Waals surface area contributed by atoms with E-state index in [1.165, 1.54) is 11.2 Å². The molecule has 1 atom stereocenters. The Hall–Kier alpha value is -3.94. The first-order valence-electron chi connectivity index (χ1n) is 14.0. The summed E-state index contributed by atoms with van der Waals surface area (Å²) < 4.78 is 48.7. The number of phosphoric acid groups is 1. The Morgan fingerprint density at radius 2 is 1.43 bits per heavy atom. The van der Waals surface area contributed by atoms with Crippen LogP contribution in [0.3, 0.4) is 0 Å². The van der Waals surface area contributed by atoms with Crippen LogP contribution >= 0.6 is 7.82 Å². The van der Waals surface area contributed by atoms with Crippen molar-refractivity contribution >= 4 is 13.9 Å². The smallest absolute Gasteiger partial charge is 0.493 e. The molecule has 4 rings (SSSR count). The van der Waals surface area contributed by atoms with Crippen LogP contribution in [-0.2, 0) is 29.9 Å². The topological polar surface area (TPSA) is 92.8 Å². The highest BCUT2D eigenvalue weighted by atomic mass is 31.2. The molecule has 0 bridgehead atoms. The van der Waals surface area contributed by atoms with Crippen LogP contribution in [-0.4, -0.2) is 35.8 Å². The number of benzene rings is 3. The molecule has 0 radical (unpaired) electrons. The van der Waals surface area contributed by atoms with Crippen molar-refractivity contribution < 1.29 is 37.1 Å². The summed E-state index contributed by atoms with van der Waals surface area (Å²) in [6, 6.07) is 26.6. The van der Waals surface area contributed by atoms with Crippen LogP contribution in [0.15, 0.2) is 103 Å². The Morgan fingerprint density at radius 1 is 0.857 bits per heavy atom. The van der Waals surface area contributed by atoms with Gasteiger partial charge in [0, 0.05) is 6.61 Å². The van der Waals surface area contributed by atoms with Gasteiger partial charge in [0.15, 0.2) is 0 Å². The van der Waals surface area contributed by atoms with Crippen LogP contribution in [0.25, 0.3) is 0 Å². The van der Waals surface area contributed by atoms with Crippen molar-refractivity contribution in [1.82, 2.24) is 4.90 Å². The third-order valence-corrected chi connectivity index (χ3v) is 7.26. The summed E-state index contributed by atoms with van der Waals surface area (Å²) in [6.07, 6.45) is 2.66. The van der Waals surface area contributed by atoms with E-state index in [1.807, 2.05) is 30.3 Å². The monoisotopic (exact) mass is 595 g/mol. The number of rotatable bonds is 13. The molecule has 224 valence electrons. The van der Waals surface area contributed by atoms with Crippen LogP contribution in [0.5, 0.6) is 11.5 Å². The molecule has 3 aromatic carbocycles. The van der Waals surface area contributed by atoms with E-state index in [1.54, 1.807) is 81.4 Å². The van der Waals surface area contributed by atoms with Gasteiger partial charge in [0.2, 0.25) is 5.88 Å². The van der Waals surface area contributed by atoms with E-state index in [2.05, 4.69) is 0 Å². The van der Waals surface area contributed by atoms with Crippen molar-refractivity contribution in [1.29, 1.82) is 0 Å². The minimum atomic E-state index is -4.37. The molecule has 1 heterocycles. The number of carbonyl (C=O) groups excluding carboxylic acids is 1. The van der Waals surface area contributed by atoms with Crippen LogP contribution in [0.2, 0.25) is 0 Å². The molecule has 1 aliphatic heterocycles. The summed E-state index contributed by atoms with van der Waals surface area (Å²) in [7, 11) is -4.37. The summed E-state index contributed by atoms with van der Waals surface area (Å²) in [5.41, 5.74) is 0.335. The fourth-order valence-electron chi connectivity index (χ4n) is 4.11. The molecular weight excluding hydrogens is 557 g/mol. The number of unbranched alkanes of at least 4 members (excludes halogenated alkanes) is 1. The molecule has 0 saturated heterocycles. The molecule has 0 aromatic heterocycles. The molecule has 3 aromatic rings. The molecule has 42 heavy (non-hydrogen) atoms. The summed E-state index contributed by atoms with van der Waals surface area (Å²) in [5.74, 6) is 0.408. The van der Waals surface area contributed by atoms with Crippen LogP contribution in [0, 0.1) is 0 Å². The molecule has 0 saturated carbocycles. The van der Waals surface area contributed by atoms with Gasteiger partial charge in [-0.2, -0.15) is 4.57 Å². The van der Waals surface area contributed by atoms with E-state index < -0.39 is 25.6 Å². The lowest BCUT2D eigenvalue weighted by Crippen LogP contribution is -2.47. The van der Waals surface area contributed by atoms with Crippen LogP contribution in [0.1, 0.15) is 45.6 Å². The van der Waals surface area contributed by atoms with E-state index in [9.17, 15) is 9.36 Å². The standard InChI is InChI=1S/C32H38NO8P/c1-32(2,3)38-31(34)33-27(17-13-14-22-36-23-26-15-7-4-8-16-26)24-37-25-30(33)41-42(35,39-28-18-9-5-10-19-28)40-29-20-11-6-12-21-29/h4-12,15-16,18-21,25,27H,13-14,17,22-24H2,1-3H3/t27-/m0/s1. The van der Waals surface area contributed by atoms with E-state index in [4.69, 9.17) is 27.8 Å². The van der Waals surface area contributed by atoms with E-state index in [0.29, 0.717) is 19.6 Å². The van der Waals surface area contributed by atoms with Crippen molar-refractivity contribution in [3.8, 4) is 11.5 Å². The van der Waals surface area contributed by atoms with Gasteiger partial charge in [-0.1, -0.05) is 66.7 Å². The summed E-state index contributed by atoms with van der Waals surface area (Å²) in [6.45, 7) is 6.64. The number of nitrogens with zero attached hydrogens (tertiary/aromatic N) is 1. The Balaban J connectivity index is 1.47. The lowest BCUT2D eigenvalue weighted by atomic mass is 10.1. The number of amides is 1. The molecule has 0 unspecified atom stereocenters. The first-order valence-corrected chi connectivity index (χ1v) is 15.4. The minimum Gasteiger partial charge on any atom is -0.493 e. The second-order valence-corrected chi connectivity index (χ2v) is 12.1. The molecule has 10 heteroatoms. The van der Waals surface area contributed by atoms with Crippen molar-refractivity contribution in [2.75, 3.05) is 13.2 Å². The number of carbonyl (C=O) groups is 1. The van der Waals surface area contributed by atoms with Gasteiger partial charge in [-0.25, -0.2) is 9.69 Å². The van der Waals surface area contributed by atoms with Crippen molar-refractivity contribution in [3.63, 3.8) is 0 Å². The Labute approximate surface area is 247 Å². The number of phosphoric ester groups is 1. The summed E-state index contributed by atoms with van der Waals surface area (Å²) in [5, 5.41) is 0. The average Bonchev–Trinajstić information content (AvgIpc) is 2.95. The third-order valence-electron chi connectivity index (χ3n) is 5.98. The van der Waals surface area contributed by atoms with Gasteiger partial charge in [0.1, 0.15) is 30.0 Å². The zero-order chi connectivity index (χ0) is 29.8. The van der Waals surface area contributed by atoms with Crippen molar-refractivity contribution in [2.45, 2.75) is 58.3 Å². The number of ether oxygens (including phenoxy) is 3. The summed E-state index contributed by atoms with van der Waals surface area (Å²) in [4.78, 5) is 14.8. The molecule has 0 fully saturated rings. The zero-order valence-corrected chi connectivity index (χ0v) is 25.1. The maximum atomic E-state index is 14.1. The van der Waals surface area contributed by atoms with Crippen LogP contribution < -0.4 is 9.05 Å². The molecule has 9 nitrogen and oxygen atoms in total. The Bertz CT molecular complexity index is 1280. The zero-order valence-electron chi connectivity index (χ0n) is 24.2. The largest absolute Gasteiger partial charge is 0.648 e. The SMILES string of the molecule is CC(C)(C)OC(=O)N1C(OP(=O)(Oc2ccccc2)Oc2ccccc2)=COC[C@@H]1CCCCOCc1ccccc1. The normalized spacial score (nSPS) is 15.3. The molecule has 0 aliphatic carbocycles. The van der Waals surface area contributed by atoms with Crippen molar-refractivity contribution in [2.24, 2.45) is 0 Å². The number of hydrogen-bond donors (Lipinski definition) is 0. The lowest BCUT2D eigenvalue weighted by Gasteiger charge is -2.36. The van der Waals surface area contributed by atoms with Gasteiger partial charge < -0.3 is 27.8 Å². The lowest BCUT2D eigenvalue weighted by molar-refractivity contribution is -0.00963. The second-order valence-electron chi connectivity index (χ2n) is 10.7. The number of para-hydroxylation sites is 2. The highest BCUT2D eigenvalue weighted by molar-refractivity contribution is 7.49. The first kappa shape index (κ1) is 31.0. The average molecular weight is 596 g/mol. The second kappa shape index (κ2) is 14.8.